The maximum Gasteiger partial charge on any atom is 0.344 e. The SMILES string of the molecule is Cc1cc(C)c(OCC(=O)OCC(=O)NC[C@@H]2COc3ccccc3O2)c(C)c1. The molecule has 2 aromatic rings. The first-order chi connectivity index (χ1) is 13.9. The third-order valence-electron chi connectivity index (χ3n) is 4.40. The van der Waals surface area contributed by atoms with Crippen molar-refractivity contribution in [3.8, 4) is 17.2 Å². The zero-order valence-corrected chi connectivity index (χ0v) is 16.8. The van der Waals surface area contributed by atoms with Crippen LogP contribution in [0.15, 0.2) is 36.4 Å². The van der Waals surface area contributed by atoms with E-state index in [2.05, 4.69) is 5.32 Å². The molecule has 7 heteroatoms. The lowest BCUT2D eigenvalue weighted by atomic mass is 10.1. The molecule has 1 aliphatic heterocycles. The second-order valence-corrected chi connectivity index (χ2v) is 6.98. The molecular weight excluding hydrogens is 374 g/mol. The third-order valence-corrected chi connectivity index (χ3v) is 4.40. The molecule has 1 atom stereocenters. The average molecular weight is 399 g/mol. The predicted octanol–water partition coefficient (Wildman–Crippen LogP) is 2.49. The topological polar surface area (TPSA) is 83.1 Å². The van der Waals surface area contributed by atoms with E-state index in [9.17, 15) is 9.59 Å². The lowest BCUT2D eigenvalue weighted by Gasteiger charge is -2.26. The van der Waals surface area contributed by atoms with Crippen molar-refractivity contribution >= 4 is 11.9 Å². The number of aryl methyl sites for hydroxylation is 3. The van der Waals surface area contributed by atoms with E-state index in [4.69, 9.17) is 18.9 Å². The number of carbonyl (C=O) groups excluding carboxylic acids is 2. The summed E-state index contributed by atoms with van der Waals surface area (Å²) in [4.78, 5) is 23.8. The molecule has 1 aliphatic rings. The molecule has 0 spiro atoms. The predicted molar refractivity (Wildman–Crippen MR) is 106 cm³/mol. The minimum Gasteiger partial charge on any atom is -0.486 e. The van der Waals surface area contributed by atoms with Crippen molar-refractivity contribution in [3.05, 3.63) is 53.1 Å². The highest BCUT2D eigenvalue weighted by atomic mass is 16.6. The van der Waals surface area contributed by atoms with Gasteiger partial charge >= 0.3 is 5.97 Å². The fourth-order valence-electron chi connectivity index (χ4n) is 3.16. The van der Waals surface area contributed by atoms with Crippen LogP contribution in [0.25, 0.3) is 0 Å². The summed E-state index contributed by atoms with van der Waals surface area (Å²) in [5.74, 6) is 0.965. The number of benzene rings is 2. The smallest absolute Gasteiger partial charge is 0.344 e. The van der Waals surface area contributed by atoms with E-state index in [-0.39, 0.29) is 25.9 Å². The number of rotatable bonds is 7. The molecule has 0 radical (unpaired) electrons. The maximum absolute atomic E-state index is 11.9. The second kappa shape index (κ2) is 9.32. The highest BCUT2D eigenvalue weighted by Crippen LogP contribution is 2.30. The molecule has 7 nitrogen and oxygen atoms in total. The van der Waals surface area contributed by atoms with Crippen LogP contribution in [0.1, 0.15) is 16.7 Å². The monoisotopic (exact) mass is 399 g/mol. The summed E-state index contributed by atoms with van der Waals surface area (Å²) in [5, 5.41) is 2.67. The van der Waals surface area contributed by atoms with Gasteiger partial charge in [0.1, 0.15) is 18.5 Å². The Balaban J connectivity index is 1.37. The van der Waals surface area contributed by atoms with Crippen molar-refractivity contribution < 1.29 is 28.5 Å². The molecule has 0 aliphatic carbocycles. The molecule has 1 N–H and O–H groups in total. The summed E-state index contributed by atoms with van der Waals surface area (Å²) >= 11 is 0. The van der Waals surface area contributed by atoms with Gasteiger partial charge in [0.15, 0.2) is 24.7 Å². The van der Waals surface area contributed by atoms with Crippen molar-refractivity contribution in [1.82, 2.24) is 5.32 Å². The number of hydrogen-bond acceptors (Lipinski definition) is 6. The standard InChI is InChI=1S/C22H25NO6/c1-14-8-15(2)22(16(3)9-14)28-13-21(25)27-12-20(24)23-10-17-11-26-18-6-4-5-7-19(18)29-17/h4-9,17H,10-13H2,1-3H3,(H,23,24)/t17-/m1/s1. The third kappa shape index (κ3) is 5.63. The summed E-state index contributed by atoms with van der Waals surface area (Å²) < 4.78 is 21.9. The number of fused-ring (bicyclic) bond motifs is 1. The first kappa shape index (κ1) is 20.5. The van der Waals surface area contributed by atoms with Crippen LogP contribution >= 0.6 is 0 Å². The maximum atomic E-state index is 11.9. The molecule has 0 unspecified atom stereocenters. The van der Waals surface area contributed by atoms with E-state index in [0.717, 1.165) is 16.7 Å². The van der Waals surface area contributed by atoms with E-state index in [1.165, 1.54) is 0 Å². The largest absolute Gasteiger partial charge is 0.486 e. The molecule has 2 aromatic carbocycles. The Hall–Kier alpha value is -3.22. The first-order valence-electron chi connectivity index (χ1n) is 9.44. The van der Waals surface area contributed by atoms with Crippen LogP contribution in [0.3, 0.4) is 0 Å². The van der Waals surface area contributed by atoms with Crippen LogP contribution < -0.4 is 19.5 Å². The summed E-state index contributed by atoms with van der Waals surface area (Å²) in [6.45, 7) is 5.79. The number of ether oxygens (including phenoxy) is 4. The Labute approximate surface area is 169 Å². The number of hydrogen-bond donors (Lipinski definition) is 1. The minimum atomic E-state index is -0.606. The van der Waals surface area contributed by atoms with E-state index >= 15 is 0 Å². The summed E-state index contributed by atoms with van der Waals surface area (Å²) in [5.41, 5.74) is 3.02. The van der Waals surface area contributed by atoms with E-state index in [0.29, 0.717) is 23.9 Å². The number of esters is 1. The van der Waals surface area contributed by atoms with Gasteiger partial charge in [0, 0.05) is 0 Å². The molecule has 1 heterocycles. The van der Waals surface area contributed by atoms with Crippen LogP contribution in [0.5, 0.6) is 17.2 Å². The van der Waals surface area contributed by atoms with Crippen LogP contribution in [0, 0.1) is 20.8 Å². The van der Waals surface area contributed by atoms with Gasteiger partial charge < -0.3 is 24.3 Å². The molecule has 0 bridgehead atoms. The van der Waals surface area contributed by atoms with Gasteiger partial charge in [0.05, 0.1) is 6.54 Å². The van der Waals surface area contributed by atoms with Gasteiger partial charge in [-0.25, -0.2) is 4.79 Å². The Morgan fingerprint density at radius 2 is 1.76 bits per heavy atom. The molecule has 1 amide bonds. The molecule has 29 heavy (non-hydrogen) atoms. The highest BCUT2D eigenvalue weighted by Gasteiger charge is 2.21. The first-order valence-corrected chi connectivity index (χ1v) is 9.44. The number of carbonyl (C=O) groups is 2. The van der Waals surface area contributed by atoms with Gasteiger partial charge in [-0.3, -0.25) is 4.79 Å². The second-order valence-electron chi connectivity index (χ2n) is 6.98. The van der Waals surface area contributed by atoms with E-state index in [1.807, 2.05) is 57.2 Å². The van der Waals surface area contributed by atoms with Gasteiger partial charge in [0.2, 0.25) is 0 Å². The fourth-order valence-corrected chi connectivity index (χ4v) is 3.16. The normalized spacial score (nSPS) is 14.8. The molecule has 0 saturated carbocycles. The van der Waals surface area contributed by atoms with Crippen LogP contribution in [0.4, 0.5) is 0 Å². The highest BCUT2D eigenvalue weighted by molar-refractivity contribution is 5.80. The van der Waals surface area contributed by atoms with Crippen LogP contribution in [-0.4, -0.2) is 44.3 Å². The molecule has 154 valence electrons. The fraction of sp³-hybridized carbons (Fsp3) is 0.364. The Morgan fingerprint density at radius 1 is 1.07 bits per heavy atom. The number of nitrogens with one attached hydrogen (secondary N) is 1. The van der Waals surface area contributed by atoms with Crippen molar-refractivity contribution in [2.45, 2.75) is 26.9 Å². The zero-order valence-electron chi connectivity index (χ0n) is 16.8. The quantitative estimate of drug-likeness (QED) is 0.721. The summed E-state index contributed by atoms with van der Waals surface area (Å²) in [7, 11) is 0. The molecule has 0 fully saturated rings. The van der Waals surface area contributed by atoms with E-state index in [1.54, 1.807) is 0 Å². The molecule has 0 aromatic heterocycles. The van der Waals surface area contributed by atoms with Crippen molar-refractivity contribution in [2.24, 2.45) is 0 Å². The summed E-state index contributed by atoms with van der Waals surface area (Å²) in [6, 6.07) is 11.3. The Morgan fingerprint density at radius 3 is 2.48 bits per heavy atom. The van der Waals surface area contributed by atoms with Gasteiger partial charge in [-0.05, 0) is 44.0 Å². The van der Waals surface area contributed by atoms with Crippen molar-refractivity contribution in [1.29, 1.82) is 0 Å². The van der Waals surface area contributed by atoms with Gasteiger partial charge in [0.25, 0.3) is 5.91 Å². The van der Waals surface area contributed by atoms with Gasteiger partial charge in [-0.15, -0.1) is 0 Å². The van der Waals surface area contributed by atoms with Gasteiger partial charge in [-0.1, -0.05) is 29.8 Å². The average Bonchev–Trinajstić information content (AvgIpc) is 2.69. The lowest BCUT2D eigenvalue weighted by molar-refractivity contribution is -0.150. The lowest BCUT2D eigenvalue weighted by Crippen LogP contribution is -2.42. The van der Waals surface area contributed by atoms with Crippen molar-refractivity contribution in [2.75, 3.05) is 26.4 Å². The van der Waals surface area contributed by atoms with Crippen LogP contribution in [0.2, 0.25) is 0 Å². The molecule has 0 saturated heterocycles. The van der Waals surface area contributed by atoms with Crippen molar-refractivity contribution in [3.63, 3.8) is 0 Å². The summed E-state index contributed by atoms with van der Waals surface area (Å²) in [6.07, 6.45) is -0.305. The van der Waals surface area contributed by atoms with Gasteiger partial charge in [-0.2, -0.15) is 0 Å². The molecular formula is C22H25NO6. The Bertz CT molecular complexity index is 872. The minimum absolute atomic E-state index is 0.253. The molecule has 3 rings (SSSR count). The number of para-hydroxylation sites is 2. The number of amides is 1. The van der Waals surface area contributed by atoms with E-state index < -0.39 is 11.9 Å². The zero-order chi connectivity index (χ0) is 20.8. The van der Waals surface area contributed by atoms with Crippen LogP contribution in [-0.2, 0) is 14.3 Å². The Kier molecular flexibility index (Phi) is 6.59.